The first kappa shape index (κ1) is 20.7. The highest BCUT2D eigenvalue weighted by atomic mass is 35.5. The number of carbonyl (C=O) groups excluding carboxylic acids is 3. The number of carbonyl (C=O) groups is 3. The maximum atomic E-state index is 12.9. The van der Waals surface area contributed by atoms with Crippen LogP contribution < -0.4 is 10.2 Å². The van der Waals surface area contributed by atoms with E-state index >= 15 is 0 Å². The van der Waals surface area contributed by atoms with E-state index in [0.717, 1.165) is 16.9 Å². The fourth-order valence-corrected chi connectivity index (χ4v) is 7.12. The summed E-state index contributed by atoms with van der Waals surface area (Å²) in [7, 11) is 0. The maximum Gasteiger partial charge on any atom is 0.308 e. The van der Waals surface area contributed by atoms with E-state index in [1.54, 1.807) is 17.0 Å². The Morgan fingerprint density at radius 1 is 1.13 bits per heavy atom. The van der Waals surface area contributed by atoms with Crippen molar-refractivity contribution in [3.63, 3.8) is 0 Å². The Kier molecular flexibility index (Phi) is 5.41. The van der Waals surface area contributed by atoms with Crippen LogP contribution >= 0.6 is 34.7 Å². The monoisotopic (exact) mass is 479 g/mol. The molecule has 0 bridgehead atoms. The van der Waals surface area contributed by atoms with Crippen molar-refractivity contribution in [1.82, 2.24) is 14.8 Å². The lowest BCUT2D eigenvalue weighted by molar-refractivity contribution is -0.136. The zero-order chi connectivity index (χ0) is 21.7. The third kappa shape index (κ3) is 3.61. The summed E-state index contributed by atoms with van der Waals surface area (Å²) in [5.74, 6) is -1.95. The number of amides is 3. The molecule has 162 valence electrons. The number of halogens is 1. The number of imide groups is 1. The highest BCUT2D eigenvalue weighted by molar-refractivity contribution is 8.00. The molecular formula is C20H18ClN3O5S2. The number of aromatic nitrogens is 1. The molecule has 0 saturated carbocycles. The standard InChI is InChI=1S/C20H18ClN3O5S2/c21-11-3-1-10(2-4-11)13-14-15(18(27)22-17(14)26)30-19-16(13)31-20(28)24(19)9-12(25)23-5-7-29-8-6-23/h1-4,13-15H,5-9H2,(H,22,26,27)/t13-,14?,15?/m0/s1. The second-order valence-electron chi connectivity index (χ2n) is 7.56. The van der Waals surface area contributed by atoms with Crippen LogP contribution in [0.4, 0.5) is 0 Å². The van der Waals surface area contributed by atoms with Crippen molar-refractivity contribution in [2.24, 2.45) is 5.92 Å². The molecular weight excluding hydrogens is 462 g/mol. The smallest absolute Gasteiger partial charge is 0.308 e. The van der Waals surface area contributed by atoms with Crippen LogP contribution in [0.1, 0.15) is 16.4 Å². The zero-order valence-corrected chi connectivity index (χ0v) is 18.6. The summed E-state index contributed by atoms with van der Waals surface area (Å²) >= 11 is 8.26. The summed E-state index contributed by atoms with van der Waals surface area (Å²) in [5.41, 5.74) is 0.804. The third-order valence-corrected chi connectivity index (χ3v) is 8.64. The molecule has 1 aromatic heterocycles. The molecule has 3 atom stereocenters. The molecule has 11 heteroatoms. The Hall–Kier alpha value is -2.14. The van der Waals surface area contributed by atoms with Crippen LogP contribution in [0.25, 0.3) is 0 Å². The van der Waals surface area contributed by atoms with Crippen molar-refractivity contribution >= 4 is 52.4 Å². The number of nitrogens with zero attached hydrogens (tertiary/aromatic N) is 2. The molecule has 3 amide bonds. The van der Waals surface area contributed by atoms with Crippen LogP contribution in [0.2, 0.25) is 5.02 Å². The average molecular weight is 480 g/mol. The second kappa shape index (κ2) is 8.09. The number of hydrogen-bond acceptors (Lipinski definition) is 7. The number of benzene rings is 1. The van der Waals surface area contributed by atoms with E-state index in [2.05, 4.69) is 5.32 Å². The van der Waals surface area contributed by atoms with Crippen molar-refractivity contribution in [2.45, 2.75) is 22.7 Å². The molecule has 4 heterocycles. The van der Waals surface area contributed by atoms with Crippen LogP contribution in [0, 0.1) is 5.92 Å². The van der Waals surface area contributed by atoms with E-state index in [1.165, 1.54) is 16.3 Å². The van der Waals surface area contributed by atoms with Gasteiger partial charge in [0.2, 0.25) is 17.7 Å². The van der Waals surface area contributed by atoms with E-state index in [-0.39, 0.29) is 29.1 Å². The fraction of sp³-hybridized carbons (Fsp3) is 0.400. The Morgan fingerprint density at radius 3 is 2.55 bits per heavy atom. The molecule has 0 aliphatic carbocycles. The van der Waals surface area contributed by atoms with Crippen molar-refractivity contribution in [2.75, 3.05) is 26.3 Å². The number of thiazole rings is 1. The molecule has 0 spiro atoms. The van der Waals surface area contributed by atoms with Crippen LogP contribution in [0.3, 0.4) is 0 Å². The van der Waals surface area contributed by atoms with Gasteiger partial charge in [-0.3, -0.25) is 29.1 Å². The van der Waals surface area contributed by atoms with E-state index < -0.39 is 17.1 Å². The molecule has 2 aromatic rings. The Balaban J connectivity index is 1.56. The summed E-state index contributed by atoms with van der Waals surface area (Å²) in [6.07, 6.45) is 0. The lowest BCUT2D eigenvalue weighted by Crippen LogP contribution is -2.43. The Bertz CT molecular complexity index is 1120. The maximum absolute atomic E-state index is 12.9. The lowest BCUT2D eigenvalue weighted by atomic mass is 9.83. The largest absolute Gasteiger partial charge is 0.378 e. The van der Waals surface area contributed by atoms with Gasteiger partial charge in [0.1, 0.15) is 11.8 Å². The van der Waals surface area contributed by atoms with Crippen LogP contribution in [0.5, 0.6) is 0 Å². The van der Waals surface area contributed by atoms with Gasteiger partial charge in [-0.15, -0.1) is 0 Å². The van der Waals surface area contributed by atoms with Gasteiger partial charge in [-0.25, -0.2) is 0 Å². The predicted molar refractivity (Wildman–Crippen MR) is 116 cm³/mol. The second-order valence-corrected chi connectivity index (χ2v) is 10.1. The Labute approximate surface area is 190 Å². The van der Waals surface area contributed by atoms with Gasteiger partial charge in [-0.05, 0) is 17.7 Å². The van der Waals surface area contributed by atoms with Crippen molar-refractivity contribution < 1.29 is 19.1 Å². The summed E-state index contributed by atoms with van der Waals surface area (Å²) < 4.78 is 6.73. The third-order valence-electron chi connectivity index (χ3n) is 5.77. The highest BCUT2D eigenvalue weighted by Crippen LogP contribution is 2.51. The normalized spacial score (nSPS) is 25.2. The molecule has 3 aliphatic rings. The van der Waals surface area contributed by atoms with E-state index in [0.29, 0.717) is 41.2 Å². The number of thioether (sulfide) groups is 1. The SMILES string of the molecule is O=C1NC(=O)C2C1Sc1c(sc(=O)n1CC(=O)N1CCOCC1)[C@H]2c1ccc(Cl)cc1. The number of ether oxygens (including phenoxy) is 1. The average Bonchev–Trinajstić information content (AvgIpc) is 3.23. The molecule has 0 radical (unpaired) electrons. The number of morpholine rings is 1. The van der Waals surface area contributed by atoms with Crippen LogP contribution in [0.15, 0.2) is 34.1 Å². The van der Waals surface area contributed by atoms with E-state index in [4.69, 9.17) is 16.3 Å². The minimum atomic E-state index is -0.653. The van der Waals surface area contributed by atoms with Crippen LogP contribution in [-0.2, 0) is 25.7 Å². The quantitative estimate of drug-likeness (QED) is 0.666. The predicted octanol–water partition coefficient (Wildman–Crippen LogP) is 1.30. The first-order valence-electron chi connectivity index (χ1n) is 9.80. The van der Waals surface area contributed by atoms with Gasteiger partial charge < -0.3 is 9.64 Å². The Morgan fingerprint density at radius 2 is 1.84 bits per heavy atom. The molecule has 2 fully saturated rings. The van der Waals surface area contributed by atoms with Gasteiger partial charge in [0.05, 0.1) is 24.2 Å². The van der Waals surface area contributed by atoms with Crippen molar-refractivity contribution in [1.29, 1.82) is 0 Å². The number of hydrogen-bond donors (Lipinski definition) is 1. The van der Waals surface area contributed by atoms with Crippen molar-refractivity contribution in [3.05, 3.63) is 49.4 Å². The lowest BCUT2D eigenvalue weighted by Gasteiger charge is -2.31. The van der Waals surface area contributed by atoms with Gasteiger partial charge in [0, 0.05) is 28.9 Å². The van der Waals surface area contributed by atoms with Gasteiger partial charge in [-0.1, -0.05) is 46.8 Å². The fourth-order valence-electron chi connectivity index (χ4n) is 4.25. The molecule has 2 unspecified atom stereocenters. The summed E-state index contributed by atoms with van der Waals surface area (Å²) in [6, 6.07) is 7.08. The summed E-state index contributed by atoms with van der Waals surface area (Å²) in [4.78, 5) is 52.9. The molecule has 2 saturated heterocycles. The first-order chi connectivity index (χ1) is 14.9. The minimum absolute atomic E-state index is 0.0992. The molecule has 31 heavy (non-hydrogen) atoms. The zero-order valence-electron chi connectivity index (χ0n) is 16.2. The van der Waals surface area contributed by atoms with Gasteiger partial charge >= 0.3 is 4.87 Å². The highest BCUT2D eigenvalue weighted by Gasteiger charge is 2.52. The topological polar surface area (TPSA) is 97.7 Å². The number of nitrogens with one attached hydrogen (secondary N) is 1. The summed E-state index contributed by atoms with van der Waals surface area (Å²) in [6.45, 7) is 1.83. The molecule has 5 rings (SSSR count). The van der Waals surface area contributed by atoms with E-state index in [1.807, 2.05) is 12.1 Å². The minimum Gasteiger partial charge on any atom is -0.378 e. The number of fused-ring (bicyclic) bond motifs is 2. The van der Waals surface area contributed by atoms with Crippen LogP contribution in [-0.4, -0.2) is 58.7 Å². The van der Waals surface area contributed by atoms with Gasteiger partial charge in [0.15, 0.2) is 0 Å². The molecule has 1 aromatic carbocycles. The summed E-state index contributed by atoms with van der Waals surface area (Å²) in [5, 5.41) is 2.91. The molecule has 3 aliphatic heterocycles. The molecule has 8 nitrogen and oxygen atoms in total. The first-order valence-corrected chi connectivity index (χ1v) is 11.9. The van der Waals surface area contributed by atoms with Gasteiger partial charge in [0.25, 0.3) is 0 Å². The molecule has 1 N–H and O–H groups in total. The van der Waals surface area contributed by atoms with Crippen molar-refractivity contribution in [3.8, 4) is 0 Å². The van der Waals surface area contributed by atoms with E-state index in [9.17, 15) is 19.2 Å². The number of rotatable bonds is 3. The van der Waals surface area contributed by atoms with Gasteiger partial charge in [-0.2, -0.15) is 0 Å².